The van der Waals surface area contributed by atoms with Crippen molar-refractivity contribution in [3.05, 3.63) is 30.1 Å². The molecule has 4 aliphatic rings. The standard InChI is InChI=1S/C20H26N4O3/c25-18(15-4-5-15)23-9-6-20(7-10-23)17-14-22(11-12-24(17)19(26)27-20)13-16-3-1-2-8-21-16/h1-3,8,15,17H,4-7,9-14H2. The molecule has 0 bridgehead atoms. The monoisotopic (exact) mass is 370 g/mol. The summed E-state index contributed by atoms with van der Waals surface area (Å²) < 4.78 is 5.95. The van der Waals surface area contributed by atoms with Crippen LogP contribution in [0.15, 0.2) is 24.4 Å². The van der Waals surface area contributed by atoms with Crippen LogP contribution in [0.25, 0.3) is 0 Å². The maximum atomic E-state index is 12.5. The molecule has 0 aromatic carbocycles. The first-order valence-electron chi connectivity index (χ1n) is 10.1. The maximum absolute atomic E-state index is 12.5. The van der Waals surface area contributed by atoms with Crippen LogP contribution in [0.1, 0.15) is 31.4 Å². The van der Waals surface area contributed by atoms with Gasteiger partial charge in [-0.25, -0.2) is 4.79 Å². The van der Waals surface area contributed by atoms with E-state index in [1.54, 1.807) is 0 Å². The number of fused-ring (bicyclic) bond motifs is 2. The lowest BCUT2D eigenvalue weighted by molar-refractivity contribution is -0.137. The number of aromatic nitrogens is 1. The van der Waals surface area contributed by atoms with Gasteiger partial charge in [-0.1, -0.05) is 6.07 Å². The SMILES string of the molecule is O=C(C1CC1)N1CCC2(CC1)OC(=O)N1CCN(Cc3ccccn3)CC12. The summed E-state index contributed by atoms with van der Waals surface area (Å²) in [4.78, 5) is 35.5. The van der Waals surface area contributed by atoms with Crippen LogP contribution in [-0.2, 0) is 16.1 Å². The minimum atomic E-state index is -0.444. The van der Waals surface area contributed by atoms with Crippen LogP contribution >= 0.6 is 0 Å². The molecule has 3 saturated heterocycles. The Hall–Kier alpha value is -2.15. The van der Waals surface area contributed by atoms with Crippen molar-refractivity contribution in [2.24, 2.45) is 5.92 Å². The third-order valence-corrected chi connectivity index (χ3v) is 6.56. The Labute approximate surface area is 159 Å². The van der Waals surface area contributed by atoms with E-state index in [9.17, 15) is 9.59 Å². The third-order valence-electron chi connectivity index (χ3n) is 6.56. The Bertz CT molecular complexity index is 728. The maximum Gasteiger partial charge on any atom is 0.410 e. The normalized spacial score (nSPS) is 27.6. The van der Waals surface area contributed by atoms with E-state index >= 15 is 0 Å². The summed E-state index contributed by atoms with van der Waals surface area (Å²) in [6.45, 7) is 4.54. The van der Waals surface area contributed by atoms with Gasteiger partial charge in [0, 0.05) is 64.2 Å². The van der Waals surface area contributed by atoms with Crippen molar-refractivity contribution in [3.8, 4) is 0 Å². The fourth-order valence-corrected chi connectivity index (χ4v) is 4.80. The number of rotatable bonds is 3. The highest BCUT2D eigenvalue weighted by Gasteiger charge is 2.57. The Kier molecular flexibility index (Phi) is 4.07. The van der Waals surface area contributed by atoms with E-state index in [4.69, 9.17) is 4.74 Å². The summed E-state index contributed by atoms with van der Waals surface area (Å²) in [5, 5.41) is 0. The molecule has 144 valence electrons. The number of likely N-dealkylation sites (tertiary alicyclic amines) is 1. The van der Waals surface area contributed by atoms with Crippen molar-refractivity contribution in [1.29, 1.82) is 0 Å². The van der Waals surface area contributed by atoms with Crippen LogP contribution in [0.2, 0.25) is 0 Å². The molecular weight excluding hydrogens is 344 g/mol. The average Bonchev–Trinajstić information content (AvgIpc) is 3.50. The van der Waals surface area contributed by atoms with Crippen molar-refractivity contribution >= 4 is 12.0 Å². The predicted octanol–water partition coefficient (Wildman–Crippen LogP) is 1.49. The minimum Gasteiger partial charge on any atom is -0.440 e. The van der Waals surface area contributed by atoms with E-state index in [2.05, 4.69) is 9.88 Å². The van der Waals surface area contributed by atoms with E-state index in [-0.39, 0.29) is 18.1 Å². The zero-order valence-corrected chi connectivity index (χ0v) is 15.5. The molecule has 0 N–H and O–H groups in total. The lowest BCUT2D eigenvalue weighted by Crippen LogP contribution is -2.60. The molecule has 4 fully saturated rings. The Morgan fingerprint density at radius 2 is 2.00 bits per heavy atom. The summed E-state index contributed by atoms with van der Waals surface area (Å²) in [6, 6.07) is 6.05. The predicted molar refractivity (Wildman–Crippen MR) is 97.8 cm³/mol. The third kappa shape index (κ3) is 3.08. The first kappa shape index (κ1) is 17.0. The molecule has 1 unspecified atom stereocenters. The number of piperazine rings is 1. The largest absolute Gasteiger partial charge is 0.440 e. The van der Waals surface area contributed by atoms with Crippen molar-refractivity contribution < 1.29 is 14.3 Å². The van der Waals surface area contributed by atoms with Crippen molar-refractivity contribution in [1.82, 2.24) is 19.7 Å². The zero-order chi connectivity index (χ0) is 18.4. The number of piperidine rings is 1. The molecule has 5 rings (SSSR count). The first-order valence-corrected chi connectivity index (χ1v) is 10.1. The zero-order valence-electron chi connectivity index (χ0n) is 15.5. The number of hydrogen-bond donors (Lipinski definition) is 0. The summed E-state index contributed by atoms with van der Waals surface area (Å²) >= 11 is 0. The van der Waals surface area contributed by atoms with Gasteiger partial charge in [0.1, 0.15) is 5.60 Å². The molecule has 1 atom stereocenters. The lowest BCUT2D eigenvalue weighted by atomic mass is 9.83. The molecule has 3 aliphatic heterocycles. The van der Waals surface area contributed by atoms with Gasteiger partial charge in [-0.15, -0.1) is 0 Å². The molecule has 1 aliphatic carbocycles. The molecule has 1 saturated carbocycles. The van der Waals surface area contributed by atoms with Crippen LogP contribution in [0.4, 0.5) is 4.79 Å². The van der Waals surface area contributed by atoms with Crippen molar-refractivity contribution in [2.75, 3.05) is 32.7 Å². The van der Waals surface area contributed by atoms with Crippen LogP contribution in [0.3, 0.4) is 0 Å². The topological polar surface area (TPSA) is 66.0 Å². The second kappa shape index (κ2) is 6.48. The molecule has 7 heteroatoms. The second-order valence-corrected chi connectivity index (χ2v) is 8.30. The number of nitrogens with zero attached hydrogens (tertiary/aromatic N) is 4. The van der Waals surface area contributed by atoms with E-state index in [1.165, 1.54) is 0 Å². The number of hydrogen-bond acceptors (Lipinski definition) is 5. The van der Waals surface area contributed by atoms with Gasteiger partial charge in [0.25, 0.3) is 0 Å². The molecule has 1 aromatic rings. The van der Waals surface area contributed by atoms with Crippen LogP contribution in [-0.4, -0.2) is 76.1 Å². The fraction of sp³-hybridized carbons (Fsp3) is 0.650. The van der Waals surface area contributed by atoms with Crippen molar-refractivity contribution in [2.45, 2.75) is 43.9 Å². The first-order chi connectivity index (χ1) is 13.1. The molecule has 7 nitrogen and oxygen atoms in total. The van der Waals surface area contributed by atoms with Gasteiger partial charge in [0.05, 0.1) is 11.7 Å². The Morgan fingerprint density at radius 3 is 2.70 bits per heavy atom. The molecule has 2 amide bonds. The van der Waals surface area contributed by atoms with Gasteiger partial charge in [-0.3, -0.25) is 19.6 Å². The quantitative estimate of drug-likeness (QED) is 0.807. The number of pyridine rings is 1. The molecule has 4 heterocycles. The number of amides is 2. The highest BCUT2D eigenvalue weighted by Crippen LogP contribution is 2.41. The summed E-state index contributed by atoms with van der Waals surface area (Å²) in [6.07, 6.45) is 5.20. The van der Waals surface area contributed by atoms with Crippen LogP contribution in [0.5, 0.6) is 0 Å². The molecule has 27 heavy (non-hydrogen) atoms. The van der Waals surface area contributed by atoms with E-state index in [1.807, 2.05) is 34.2 Å². The van der Waals surface area contributed by atoms with E-state index < -0.39 is 5.60 Å². The highest BCUT2D eigenvalue weighted by atomic mass is 16.6. The number of carbonyl (C=O) groups excluding carboxylic acids is 2. The van der Waals surface area contributed by atoms with E-state index in [0.29, 0.717) is 25.5 Å². The van der Waals surface area contributed by atoms with Crippen LogP contribution < -0.4 is 0 Å². The van der Waals surface area contributed by atoms with Gasteiger partial charge in [-0.2, -0.15) is 0 Å². The lowest BCUT2D eigenvalue weighted by Gasteiger charge is -2.45. The van der Waals surface area contributed by atoms with Crippen molar-refractivity contribution in [3.63, 3.8) is 0 Å². The second-order valence-electron chi connectivity index (χ2n) is 8.30. The smallest absolute Gasteiger partial charge is 0.410 e. The Morgan fingerprint density at radius 1 is 1.19 bits per heavy atom. The summed E-state index contributed by atoms with van der Waals surface area (Å²) in [5.41, 5.74) is 0.607. The van der Waals surface area contributed by atoms with Gasteiger partial charge < -0.3 is 9.64 Å². The molecule has 0 radical (unpaired) electrons. The minimum absolute atomic E-state index is 0.0700. The van der Waals surface area contributed by atoms with Gasteiger partial charge >= 0.3 is 6.09 Å². The van der Waals surface area contributed by atoms with Gasteiger partial charge in [0.2, 0.25) is 5.91 Å². The number of carbonyl (C=O) groups is 2. The van der Waals surface area contributed by atoms with Gasteiger partial charge in [-0.05, 0) is 25.0 Å². The highest BCUT2D eigenvalue weighted by molar-refractivity contribution is 5.81. The molecular formula is C20H26N4O3. The summed E-state index contributed by atoms with van der Waals surface area (Å²) in [5.74, 6) is 0.552. The summed E-state index contributed by atoms with van der Waals surface area (Å²) in [7, 11) is 0. The van der Waals surface area contributed by atoms with Crippen LogP contribution in [0, 0.1) is 5.92 Å². The molecule has 1 spiro atoms. The molecule has 1 aromatic heterocycles. The number of ether oxygens (including phenoxy) is 1. The Balaban J connectivity index is 1.28. The van der Waals surface area contributed by atoms with E-state index in [0.717, 1.165) is 51.0 Å². The fourth-order valence-electron chi connectivity index (χ4n) is 4.80. The van der Waals surface area contributed by atoms with Gasteiger partial charge in [0.15, 0.2) is 0 Å². The average molecular weight is 370 g/mol.